The van der Waals surface area contributed by atoms with Crippen molar-refractivity contribution in [3.05, 3.63) is 65.4 Å². The summed E-state index contributed by atoms with van der Waals surface area (Å²) in [6, 6.07) is 15.1. The summed E-state index contributed by atoms with van der Waals surface area (Å²) in [5.41, 5.74) is 7.37. The Balaban J connectivity index is 1.31. The first kappa shape index (κ1) is 24.6. The molecule has 37 heavy (non-hydrogen) atoms. The van der Waals surface area contributed by atoms with Crippen LogP contribution in [0.25, 0.3) is 0 Å². The van der Waals surface area contributed by atoms with Crippen molar-refractivity contribution in [2.75, 3.05) is 30.6 Å². The zero-order valence-electron chi connectivity index (χ0n) is 21.2. The Bertz CT molecular complexity index is 1320. The maximum atomic E-state index is 13.0. The highest BCUT2D eigenvalue weighted by Gasteiger charge is 2.45. The van der Waals surface area contributed by atoms with E-state index in [-0.39, 0.29) is 30.5 Å². The van der Waals surface area contributed by atoms with E-state index >= 15 is 0 Å². The number of rotatable bonds is 7. The summed E-state index contributed by atoms with van der Waals surface area (Å²) >= 11 is 0. The van der Waals surface area contributed by atoms with Crippen LogP contribution in [0, 0.1) is 26.7 Å². The number of amides is 2. The zero-order chi connectivity index (χ0) is 26.1. The molecule has 2 aliphatic rings. The van der Waals surface area contributed by atoms with Crippen LogP contribution in [-0.4, -0.2) is 48.0 Å². The molecule has 0 spiro atoms. The minimum Gasteiger partial charge on any atom is -0.493 e. The molecule has 2 fully saturated rings. The number of aryl methyl sites for hydroxylation is 3. The first-order valence-corrected chi connectivity index (χ1v) is 12.1. The normalized spacial score (nSPS) is 20.8. The van der Waals surface area contributed by atoms with Gasteiger partial charge in [-0.15, -0.1) is 0 Å². The highest BCUT2D eigenvalue weighted by atomic mass is 16.5. The number of hydrazine groups is 1. The monoisotopic (exact) mass is 505 g/mol. The van der Waals surface area contributed by atoms with E-state index in [4.69, 9.17) is 9.47 Å². The summed E-state index contributed by atoms with van der Waals surface area (Å²) in [5.74, 6) is 0.687. The highest BCUT2D eigenvalue weighted by Crippen LogP contribution is 2.29. The summed E-state index contributed by atoms with van der Waals surface area (Å²) in [6.45, 7) is 6.24. The van der Waals surface area contributed by atoms with E-state index in [9.17, 15) is 9.59 Å². The number of carbonyl (C=O) groups excluding carboxylic acids is 2. The second-order valence-corrected chi connectivity index (χ2v) is 9.23. The molecule has 1 aromatic heterocycles. The van der Waals surface area contributed by atoms with Crippen LogP contribution in [0.2, 0.25) is 0 Å². The predicted octanol–water partition coefficient (Wildman–Crippen LogP) is 1.98. The first-order valence-electron chi connectivity index (χ1n) is 12.1. The number of carbonyl (C=O) groups is 2. The van der Waals surface area contributed by atoms with Crippen molar-refractivity contribution in [2.45, 2.75) is 33.2 Å². The van der Waals surface area contributed by atoms with Gasteiger partial charge < -0.3 is 20.1 Å². The molecule has 5 rings (SSSR count). The molecular weight excluding hydrogens is 474 g/mol. The number of fused-ring (bicyclic) bond motifs is 1. The van der Waals surface area contributed by atoms with Crippen molar-refractivity contribution in [2.24, 2.45) is 5.92 Å². The van der Waals surface area contributed by atoms with Gasteiger partial charge in [-0.05, 0) is 56.2 Å². The lowest BCUT2D eigenvalue weighted by Crippen LogP contribution is -2.61. The number of nitrogens with one attached hydrogen (secondary N) is 4. The van der Waals surface area contributed by atoms with Gasteiger partial charge in [0.15, 0.2) is 24.4 Å². The van der Waals surface area contributed by atoms with Crippen LogP contribution >= 0.6 is 0 Å². The van der Waals surface area contributed by atoms with Crippen LogP contribution in [0.4, 0.5) is 11.5 Å². The van der Waals surface area contributed by atoms with Gasteiger partial charge in [-0.25, -0.2) is 10.1 Å². The number of benzene rings is 2. The van der Waals surface area contributed by atoms with Gasteiger partial charge in [-0.3, -0.25) is 19.9 Å². The number of anilines is 2. The lowest BCUT2D eigenvalue weighted by atomic mass is 10.0. The molecule has 2 aromatic carbocycles. The smallest absolute Gasteiger partial charge is 0.263 e. The fraction of sp³-hybridized carbons (Fsp3) is 0.346. The van der Waals surface area contributed by atoms with Crippen LogP contribution in [-0.2, 0) is 9.59 Å². The van der Waals surface area contributed by atoms with Crippen molar-refractivity contribution in [3.8, 4) is 11.5 Å². The molecule has 2 amide bonds. The second-order valence-electron chi connectivity index (χ2n) is 9.23. The Morgan fingerprint density at radius 3 is 2.65 bits per heavy atom. The predicted molar refractivity (Wildman–Crippen MR) is 138 cm³/mol. The van der Waals surface area contributed by atoms with Gasteiger partial charge in [-0.1, -0.05) is 18.2 Å². The van der Waals surface area contributed by atoms with Crippen molar-refractivity contribution in [1.29, 1.82) is 0 Å². The zero-order valence-corrected chi connectivity index (χ0v) is 21.2. The largest absolute Gasteiger partial charge is 0.493 e. The molecule has 2 saturated heterocycles. The SMILES string of the molecule is COc1ccccc1OCC(=O)Nc1cc(C)nn1C1NC(=O)C2CNN(c3ccc(C)c(C)c3)C2N1. The van der Waals surface area contributed by atoms with E-state index in [1.54, 1.807) is 36.1 Å². The van der Waals surface area contributed by atoms with Gasteiger partial charge in [0.2, 0.25) is 5.91 Å². The van der Waals surface area contributed by atoms with Gasteiger partial charge in [0.05, 0.1) is 24.4 Å². The Morgan fingerprint density at radius 1 is 1.11 bits per heavy atom. The van der Waals surface area contributed by atoms with Crippen LogP contribution < -0.4 is 35.9 Å². The van der Waals surface area contributed by atoms with E-state index < -0.39 is 6.29 Å². The summed E-state index contributed by atoms with van der Waals surface area (Å²) < 4.78 is 12.5. The molecule has 0 bridgehead atoms. The Morgan fingerprint density at radius 2 is 1.89 bits per heavy atom. The fourth-order valence-electron chi connectivity index (χ4n) is 4.58. The second kappa shape index (κ2) is 10.1. The molecule has 4 N–H and O–H groups in total. The lowest BCUT2D eigenvalue weighted by Gasteiger charge is -2.37. The van der Waals surface area contributed by atoms with Crippen molar-refractivity contribution in [3.63, 3.8) is 0 Å². The Hall–Kier alpha value is -4.09. The van der Waals surface area contributed by atoms with Crippen LogP contribution in [0.3, 0.4) is 0 Å². The molecule has 0 aliphatic carbocycles. The van der Waals surface area contributed by atoms with Crippen molar-refractivity contribution >= 4 is 23.3 Å². The molecule has 3 atom stereocenters. The molecule has 3 unspecified atom stereocenters. The number of ether oxygens (including phenoxy) is 2. The van der Waals surface area contributed by atoms with Crippen LogP contribution in [0.5, 0.6) is 11.5 Å². The average Bonchev–Trinajstić information content (AvgIpc) is 3.48. The fourth-order valence-corrected chi connectivity index (χ4v) is 4.58. The van der Waals surface area contributed by atoms with E-state index in [2.05, 4.69) is 52.5 Å². The number of hydrogen-bond acceptors (Lipinski definition) is 8. The minimum atomic E-state index is -0.665. The van der Waals surface area contributed by atoms with E-state index in [0.717, 1.165) is 5.69 Å². The molecule has 11 nitrogen and oxygen atoms in total. The third-order valence-electron chi connectivity index (χ3n) is 6.65. The highest BCUT2D eigenvalue weighted by molar-refractivity contribution is 5.91. The topological polar surface area (TPSA) is 122 Å². The third kappa shape index (κ3) is 4.95. The average molecular weight is 506 g/mol. The first-order chi connectivity index (χ1) is 17.8. The quantitative estimate of drug-likeness (QED) is 0.385. The number of aromatic nitrogens is 2. The molecule has 11 heteroatoms. The van der Waals surface area contributed by atoms with Crippen molar-refractivity contribution < 1.29 is 19.1 Å². The van der Waals surface area contributed by atoms with E-state index in [1.165, 1.54) is 11.1 Å². The van der Waals surface area contributed by atoms with Gasteiger partial charge in [0.1, 0.15) is 12.0 Å². The number of nitrogens with zero attached hydrogens (tertiary/aromatic N) is 3. The molecule has 3 heterocycles. The number of methoxy groups -OCH3 is 1. The van der Waals surface area contributed by atoms with Crippen LogP contribution in [0.1, 0.15) is 23.1 Å². The Labute approximate surface area is 215 Å². The summed E-state index contributed by atoms with van der Waals surface area (Å²) in [4.78, 5) is 25.8. The molecule has 3 aromatic rings. The van der Waals surface area contributed by atoms with Crippen LogP contribution in [0.15, 0.2) is 48.5 Å². The molecular formula is C26H31N7O4. The molecule has 0 radical (unpaired) electrons. The molecule has 0 saturated carbocycles. The molecule has 2 aliphatic heterocycles. The maximum Gasteiger partial charge on any atom is 0.263 e. The van der Waals surface area contributed by atoms with Gasteiger partial charge in [0, 0.05) is 12.6 Å². The standard InChI is InChI=1S/C26H31N7O4/c1-15-9-10-18(11-16(15)2)32-24-19(13-27-32)25(35)30-26(29-24)33-22(12-17(3)31-33)28-23(34)14-37-21-8-6-5-7-20(21)36-4/h5-12,19,24,26-27,29H,13-14H2,1-4H3,(H,28,34)(H,30,35). The molecule has 194 valence electrons. The van der Waals surface area contributed by atoms with Crippen molar-refractivity contribution in [1.82, 2.24) is 25.8 Å². The summed E-state index contributed by atoms with van der Waals surface area (Å²) in [7, 11) is 1.54. The Kier molecular flexibility index (Phi) is 6.72. The maximum absolute atomic E-state index is 13.0. The third-order valence-corrected chi connectivity index (χ3v) is 6.65. The number of hydrogen-bond donors (Lipinski definition) is 4. The summed E-state index contributed by atoms with van der Waals surface area (Å²) in [5, 5.41) is 15.8. The lowest BCUT2D eigenvalue weighted by molar-refractivity contribution is -0.129. The number of para-hydroxylation sites is 2. The van der Waals surface area contributed by atoms with E-state index in [0.29, 0.717) is 29.6 Å². The summed E-state index contributed by atoms with van der Waals surface area (Å²) in [6.07, 6.45) is -0.968. The van der Waals surface area contributed by atoms with Gasteiger partial charge in [0.25, 0.3) is 5.91 Å². The van der Waals surface area contributed by atoms with Gasteiger partial charge in [-0.2, -0.15) is 5.10 Å². The van der Waals surface area contributed by atoms with Gasteiger partial charge >= 0.3 is 0 Å². The minimum absolute atomic E-state index is 0.0995. The van der Waals surface area contributed by atoms with E-state index in [1.807, 2.05) is 24.1 Å².